The molecule has 0 saturated heterocycles. The van der Waals surface area contributed by atoms with Gasteiger partial charge in [-0.1, -0.05) is 94.8 Å². The number of likely N-dealkylation sites (N-methyl/N-ethyl adjacent to an activating group) is 1. The van der Waals surface area contributed by atoms with Gasteiger partial charge in [0.05, 0.1) is 24.9 Å². The average molecular weight is 941 g/mol. The lowest BCUT2D eigenvalue weighted by Gasteiger charge is -2.32. The molecule has 2 aliphatic heterocycles. The summed E-state index contributed by atoms with van der Waals surface area (Å²) in [5.74, 6) is -1.77. The Morgan fingerprint density at radius 2 is 1.51 bits per heavy atom. The highest BCUT2D eigenvalue weighted by atomic mass is 16.6. The number of benzene rings is 4. The number of ketones is 2. The molecule has 14 heteroatoms. The summed E-state index contributed by atoms with van der Waals surface area (Å²) in [6.07, 6.45) is 3.93. The van der Waals surface area contributed by atoms with E-state index < -0.39 is 35.6 Å². The molecule has 4 aromatic carbocycles. The predicted molar refractivity (Wildman–Crippen MR) is 268 cm³/mol. The van der Waals surface area contributed by atoms with Crippen LogP contribution in [0.1, 0.15) is 120 Å². The van der Waals surface area contributed by atoms with Crippen molar-refractivity contribution < 1.29 is 38.2 Å². The number of Topliss-reactive ketones (excluding diaryl/α,β-unsaturated/α-hetero) is 2. The number of aryl methyl sites for hydroxylation is 1. The van der Waals surface area contributed by atoms with E-state index in [0.29, 0.717) is 58.9 Å². The van der Waals surface area contributed by atoms with Gasteiger partial charge in [-0.05, 0) is 110 Å². The van der Waals surface area contributed by atoms with Crippen molar-refractivity contribution in [2.24, 2.45) is 27.3 Å². The van der Waals surface area contributed by atoms with E-state index in [1.54, 1.807) is 59.0 Å². The number of amides is 3. The summed E-state index contributed by atoms with van der Waals surface area (Å²) in [5.41, 5.74) is 6.33. The second-order valence-electron chi connectivity index (χ2n) is 19.0. The Bertz CT molecular complexity index is 2510. The fourth-order valence-corrected chi connectivity index (χ4v) is 8.53. The molecule has 6 rings (SSSR count). The van der Waals surface area contributed by atoms with Crippen molar-refractivity contribution in [1.82, 2.24) is 15.5 Å². The maximum Gasteiger partial charge on any atom is 0.407 e. The molecule has 0 aliphatic carbocycles. The number of ether oxygens (including phenoxy) is 3. The Morgan fingerprint density at radius 3 is 2.14 bits per heavy atom. The smallest absolute Gasteiger partial charge is 0.407 e. The van der Waals surface area contributed by atoms with Crippen LogP contribution in [-0.4, -0.2) is 85.1 Å². The lowest BCUT2D eigenvalue weighted by molar-refractivity contribution is -0.142. The maximum atomic E-state index is 14.8. The van der Waals surface area contributed by atoms with Crippen molar-refractivity contribution in [1.29, 1.82) is 0 Å². The molecule has 0 radical (unpaired) electrons. The first-order valence-corrected chi connectivity index (χ1v) is 24.3. The summed E-state index contributed by atoms with van der Waals surface area (Å²) < 4.78 is 18.1. The molecule has 0 fully saturated rings. The van der Waals surface area contributed by atoms with Gasteiger partial charge < -0.3 is 29.7 Å². The second-order valence-corrected chi connectivity index (χ2v) is 19.0. The van der Waals surface area contributed by atoms with E-state index in [4.69, 9.17) is 14.2 Å². The Balaban J connectivity index is 1.33. The standard InChI is InChI=1S/C55H68N6O8/c1-9-12-13-36-14-17-39(18-15-36)40-19-21-41(22-20-40)47(62)33-38(11-3)53(65)61(8)51-42-23-25-50(67-27-10-2)44(32-42)43-30-37(16-24-49(43)68-28-26-56-54(66)69-55(5,6)7)31-45(46-34-57-60-59-46)58-52(64)35(4)29-48(51)63/h14-25,30,32,35,38,45,51H,9-13,26-29,31,33-34H2,1-8H3,(H,56,66)(H,58,64)/t35-,38-,45+,51+/m1/s1. The molecule has 4 atom stereocenters. The molecule has 69 heavy (non-hydrogen) atoms. The van der Waals surface area contributed by atoms with Crippen LogP contribution in [0.2, 0.25) is 0 Å². The van der Waals surface area contributed by atoms with Crippen LogP contribution >= 0.6 is 0 Å². The first-order valence-electron chi connectivity index (χ1n) is 24.3. The molecule has 366 valence electrons. The van der Waals surface area contributed by atoms with Crippen LogP contribution in [-0.2, 0) is 32.0 Å². The molecule has 14 nitrogen and oxygen atoms in total. The minimum Gasteiger partial charge on any atom is -0.493 e. The van der Waals surface area contributed by atoms with Gasteiger partial charge >= 0.3 is 6.09 Å². The van der Waals surface area contributed by atoms with Gasteiger partial charge in [-0.3, -0.25) is 19.2 Å². The van der Waals surface area contributed by atoms with Crippen molar-refractivity contribution in [2.45, 2.75) is 118 Å². The van der Waals surface area contributed by atoms with Crippen LogP contribution < -0.4 is 20.1 Å². The van der Waals surface area contributed by atoms with Gasteiger partial charge in [0.25, 0.3) is 0 Å². The van der Waals surface area contributed by atoms with Crippen molar-refractivity contribution in [3.8, 4) is 33.8 Å². The van der Waals surface area contributed by atoms with Gasteiger partial charge in [-0.15, -0.1) is 5.10 Å². The molecule has 3 amide bonds. The maximum absolute atomic E-state index is 14.8. The number of carbonyl (C=O) groups is 5. The van der Waals surface area contributed by atoms with Gasteiger partial charge in [-0.25, -0.2) is 4.79 Å². The summed E-state index contributed by atoms with van der Waals surface area (Å²) in [4.78, 5) is 71.3. The van der Waals surface area contributed by atoms with Crippen LogP contribution in [0.3, 0.4) is 0 Å². The van der Waals surface area contributed by atoms with E-state index >= 15 is 0 Å². The molecular weight excluding hydrogens is 873 g/mol. The zero-order chi connectivity index (χ0) is 49.7. The van der Waals surface area contributed by atoms with E-state index in [0.717, 1.165) is 42.4 Å². The number of carbonyl (C=O) groups excluding carboxylic acids is 5. The molecule has 2 heterocycles. The van der Waals surface area contributed by atoms with Crippen LogP contribution in [0.5, 0.6) is 11.5 Å². The van der Waals surface area contributed by atoms with Crippen molar-refractivity contribution in [2.75, 3.05) is 33.4 Å². The first kappa shape index (κ1) is 51.7. The molecule has 4 aromatic rings. The fraction of sp³-hybridized carbons (Fsp3) is 0.455. The normalized spacial score (nSPS) is 17.5. The Morgan fingerprint density at radius 1 is 0.841 bits per heavy atom. The second kappa shape index (κ2) is 24.0. The number of unbranched alkanes of at least 4 members (excludes halogenated alkanes) is 1. The topological polar surface area (TPSA) is 177 Å². The van der Waals surface area contributed by atoms with E-state index in [2.05, 4.69) is 57.3 Å². The molecule has 0 spiro atoms. The molecule has 2 aliphatic rings. The number of hydrogen-bond acceptors (Lipinski definition) is 11. The molecule has 0 unspecified atom stereocenters. The van der Waals surface area contributed by atoms with Crippen LogP contribution in [0.4, 0.5) is 4.79 Å². The van der Waals surface area contributed by atoms with Gasteiger partial charge in [0.2, 0.25) is 11.8 Å². The minimum atomic E-state index is -1.13. The van der Waals surface area contributed by atoms with Gasteiger partial charge in [0.1, 0.15) is 36.3 Å². The number of fused-ring (bicyclic) bond motifs is 5. The third-order valence-corrected chi connectivity index (χ3v) is 12.4. The van der Waals surface area contributed by atoms with Crippen LogP contribution in [0.25, 0.3) is 22.3 Å². The molecule has 2 N–H and O–H groups in total. The summed E-state index contributed by atoms with van der Waals surface area (Å²) in [5, 5.41) is 17.9. The third-order valence-electron chi connectivity index (χ3n) is 12.4. The lowest BCUT2D eigenvalue weighted by Crippen LogP contribution is -2.46. The van der Waals surface area contributed by atoms with Crippen molar-refractivity contribution >= 4 is 35.2 Å². The van der Waals surface area contributed by atoms with Crippen LogP contribution in [0, 0.1) is 11.8 Å². The zero-order valence-electron chi connectivity index (χ0n) is 41.4. The largest absolute Gasteiger partial charge is 0.493 e. The van der Waals surface area contributed by atoms with E-state index in [1.807, 2.05) is 50.2 Å². The molecule has 0 aromatic heterocycles. The van der Waals surface area contributed by atoms with Gasteiger partial charge in [0, 0.05) is 48.4 Å². The number of rotatable bonds is 18. The number of nitrogens with zero attached hydrogens (tertiary/aromatic N) is 4. The molecular formula is C55H68N6O8. The van der Waals surface area contributed by atoms with E-state index in [9.17, 15) is 24.0 Å². The summed E-state index contributed by atoms with van der Waals surface area (Å²) in [6.45, 7) is 14.0. The van der Waals surface area contributed by atoms with Gasteiger partial charge in [0.15, 0.2) is 11.6 Å². The summed E-state index contributed by atoms with van der Waals surface area (Å²) in [6, 6.07) is 25.4. The van der Waals surface area contributed by atoms with Crippen molar-refractivity contribution in [3.05, 3.63) is 107 Å². The SMILES string of the molecule is CCCCc1ccc(-c2ccc(C(=O)C[C@@H](CC)C(=O)N(C)[C@@H]3C(=O)C[C@@H](C)C(=O)N[C@H](C4=NN=NC4)Cc4ccc(OCCNC(=O)OC(C)(C)C)c(c4)-c4cc3ccc4OCCC)cc2)cc1. The predicted octanol–water partition coefficient (Wildman–Crippen LogP) is 10.3. The third kappa shape index (κ3) is 14.0. The van der Waals surface area contributed by atoms with Crippen LogP contribution in [0.15, 0.2) is 100 Å². The molecule has 0 saturated carbocycles. The highest BCUT2D eigenvalue weighted by molar-refractivity contribution is 6.00. The molecule has 4 bridgehead atoms. The van der Waals surface area contributed by atoms with E-state index in [1.165, 1.54) is 10.5 Å². The highest BCUT2D eigenvalue weighted by Gasteiger charge is 2.36. The fourth-order valence-electron chi connectivity index (χ4n) is 8.53. The number of hydrogen-bond donors (Lipinski definition) is 2. The van der Waals surface area contributed by atoms with Gasteiger partial charge in [-0.2, -0.15) is 5.11 Å². The number of alkyl carbamates (subject to hydrolysis) is 1. The quantitative estimate of drug-likeness (QED) is 0.0731. The zero-order valence-corrected chi connectivity index (χ0v) is 41.4. The van der Waals surface area contributed by atoms with E-state index in [-0.39, 0.29) is 55.9 Å². The number of nitrogens with one attached hydrogen (secondary N) is 2. The summed E-state index contributed by atoms with van der Waals surface area (Å²) >= 11 is 0. The lowest BCUT2D eigenvalue weighted by atomic mass is 9.88. The Hall–Kier alpha value is -6.70. The Labute approximate surface area is 406 Å². The Kier molecular flexibility index (Phi) is 18.0. The minimum absolute atomic E-state index is 0.0555. The average Bonchev–Trinajstić information content (AvgIpc) is 3.88. The summed E-state index contributed by atoms with van der Waals surface area (Å²) in [7, 11) is 1.59. The monoisotopic (exact) mass is 941 g/mol. The first-order chi connectivity index (χ1) is 33.1. The highest BCUT2D eigenvalue weighted by Crippen LogP contribution is 2.41. The van der Waals surface area contributed by atoms with Crippen molar-refractivity contribution in [3.63, 3.8) is 0 Å².